The summed E-state index contributed by atoms with van der Waals surface area (Å²) in [5.74, 6) is 0.739. The Kier molecular flexibility index (Phi) is 3.59. The fraction of sp³-hybridized carbons (Fsp3) is 0.333. The van der Waals surface area contributed by atoms with E-state index >= 15 is 0 Å². The van der Waals surface area contributed by atoms with Crippen LogP contribution in [0.5, 0.6) is 0 Å². The van der Waals surface area contributed by atoms with Crippen LogP contribution in [-0.2, 0) is 4.74 Å². The highest BCUT2D eigenvalue weighted by molar-refractivity contribution is 9.14. The van der Waals surface area contributed by atoms with Crippen LogP contribution in [0.1, 0.15) is 0 Å². The summed E-state index contributed by atoms with van der Waals surface area (Å²) in [4.78, 5) is 20.3. The van der Waals surface area contributed by atoms with Crippen LogP contribution < -0.4 is 15.6 Å². The van der Waals surface area contributed by atoms with E-state index in [9.17, 15) is 0 Å². The van der Waals surface area contributed by atoms with E-state index in [4.69, 9.17) is 14.7 Å². The van der Waals surface area contributed by atoms with E-state index in [0.29, 0.717) is 19.8 Å². The highest BCUT2D eigenvalue weighted by Gasteiger charge is 2.19. The van der Waals surface area contributed by atoms with Gasteiger partial charge in [-0.15, -0.1) is 0 Å². The second kappa shape index (κ2) is 5.73. The Morgan fingerprint density at radius 3 is 2.64 bits per heavy atom. The summed E-state index contributed by atoms with van der Waals surface area (Å²) < 4.78 is 6.42. The summed E-state index contributed by atoms with van der Waals surface area (Å²) in [6, 6.07) is 3.90. The standard InChI is InChI=1S/C15H14BrN5O/c16-11-9-18-14-12(10-1-3-17-4-2-10)19-15(20-13(11)14)21-5-7-22-8-6-21/h1-4H,5-9H2. The van der Waals surface area contributed by atoms with Crippen molar-refractivity contribution in [2.45, 2.75) is 0 Å². The van der Waals surface area contributed by atoms with Gasteiger partial charge in [-0.25, -0.2) is 9.97 Å². The molecule has 0 saturated carbocycles. The van der Waals surface area contributed by atoms with Crippen LogP contribution >= 0.6 is 15.9 Å². The number of hydrogen-bond donors (Lipinski definition) is 0. The highest BCUT2D eigenvalue weighted by Crippen LogP contribution is 2.17. The normalized spacial score (nSPS) is 17.3. The van der Waals surface area contributed by atoms with Crippen molar-refractivity contribution < 1.29 is 4.74 Å². The van der Waals surface area contributed by atoms with E-state index in [1.54, 1.807) is 12.4 Å². The molecule has 0 aliphatic carbocycles. The molecule has 0 radical (unpaired) electrons. The van der Waals surface area contributed by atoms with Gasteiger partial charge in [-0.3, -0.25) is 9.98 Å². The van der Waals surface area contributed by atoms with E-state index in [1.165, 1.54) is 0 Å². The van der Waals surface area contributed by atoms with Crippen molar-refractivity contribution in [3.05, 3.63) is 35.2 Å². The third-order valence-corrected chi connectivity index (χ3v) is 4.38. The fourth-order valence-electron chi connectivity index (χ4n) is 2.62. The summed E-state index contributed by atoms with van der Waals surface area (Å²) in [7, 11) is 0. The van der Waals surface area contributed by atoms with Crippen LogP contribution in [0.3, 0.4) is 0 Å². The van der Waals surface area contributed by atoms with Gasteiger partial charge in [-0.1, -0.05) is 15.9 Å². The minimum Gasteiger partial charge on any atom is -0.378 e. The Labute approximate surface area is 135 Å². The number of anilines is 1. The smallest absolute Gasteiger partial charge is 0.226 e. The Morgan fingerprint density at radius 1 is 1.09 bits per heavy atom. The lowest BCUT2D eigenvalue weighted by Crippen LogP contribution is -2.40. The lowest BCUT2D eigenvalue weighted by atomic mass is 10.2. The number of aromatic nitrogens is 3. The summed E-state index contributed by atoms with van der Waals surface area (Å²) in [5, 5.41) is 1.75. The van der Waals surface area contributed by atoms with Gasteiger partial charge in [0.2, 0.25) is 5.95 Å². The molecule has 0 atom stereocenters. The number of hydrogen-bond acceptors (Lipinski definition) is 6. The molecule has 2 aromatic heterocycles. The Hall–Kier alpha value is -1.86. The van der Waals surface area contributed by atoms with Gasteiger partial charge >= 0.3 is 0 Å². The predicted molar refractivity (Wildman–Crippen MR) is 86.3 cm³/mol. The van der Waals surface area contributed by atoms with Crippen LogP contribution in [0.25, 0.3) is 15.7 Å². The maximum Gasteiger partial charge on any atom is 0.226 e. The van der Waals surface area contributed by atoms with Crippen LogP contribution in [0, 0.1) is 0 Å². The second-order valence-corrected chi connectivity index (χ2v) is 6.08. The van der Waals surface area contributed by atoms with Gasteiger partial charge < -0.3 is 9.64 Å². The van der Waals surface area contributed by atoms with E-state index in [0.717, 1.165) is 45.5 Å². The van der Waals surface area contributed by atoms with Gasteiger partial charge in [0.1, 0.15) is 16.4 Å². The molecule has 0 N–H and O–H groups in total. The number of pyridine rings is 1. The summed E-state index contributed by atoms with van der Waals surface area (Å²) >= 11 is 3.58. The average molecular weight is 360 g/mol. The van der Waals surface area contributed by atoms with Crippen molar-refractivity contribution in [1.82, 2.24) is 15.0 Å². The molecule has 1 saturated heterocycles. The van der Waals surface area contributed by atoms with Crippen molar-refractivity contribution in [3.63, 3.8) is 0 Å². The molecule has 0 spiro atoms. The molecule has 0 amide bonds. The average Bonchev–Trinajstić information content (AvgIpc) is 2.97. The Morgan fingerprint density at radius 2 is 1.86 bits per heavy atom. The predicted octanol–water partition coefficient (Wildman–Crippen LogP) is 0.511. The van der Waals surface area contributed by atoms with Crippen molar-refractivity contribution in [2.24, 2.45) is 4.99 Å². The zero-order valence-electron chi connectivity index (χ0n) is 11.9. The molecule has 2 aliphatic rings. The molecule has 7 heteroatoms. The van der Waals surface area contributed by atoms with E-state index in [1.807, 2.05) is 12.1 Å². The van der Waals surface area contributed by atoms with Gasteiger partial charge in [0, 0.05) is 35.5 Å². The van der Waals surface area contributed by atoms with Gasteiger partial charge in [0.25, 0.3) is 0 Å². The zero-order valence-corrected chi connectivity index (χ0v) is 13.5. The number of ether oxygens (including phenoxy) is 1. The molecular formula is C15H14BrN5O. The Balaban J connectivity index is 1.91. The highest BCUT2D eigenvalue weighted by atomic mass is 79.9. The van der Waals surface area contributed by atoms with Gasteiger partial charge in [-0.2, -0.15) is 0 Å². The van der Waals surface area contributed by atoms with Crippen molar-refractivity contribution in [2.75, 3.05) is 37.7 Å². The number of fused-ring (bicyclic) bond motifs is 1. The molecule has 2 aliphatic heterocycles. The zero-order chi connectivity index (χ0) is 14.9. The first-order valence-corrected chi connectivity index (χ1v) is 7.96. The maximum atomic E-state index is 5.41. The van der Waals surface area contributed by atoms with Gasteiger partial charge in [0.15, 0.2) is 0 Å². The van der Waals surface area contributed by atoms with Crippen LogP contribution in [-0.4, -0.2) is 47.8 Å². The number of morpholine rings is 1. The van der Waals surface area contributed by atoms with Gasteiger partial charge in [-0.05, 0) is 12.1 Å². The Bertz CT molecular complexity index is 818. The number of rotatable bonds is 2. The lowest BCUT2D eigenvalue weighted by molar-refractivity contribution is 0.122. The molecular weight excluding hydrogens is 346 g/mol. The molecule has 0 bridgehead atoms. The molecule has 1 fully saturated rings. The number of halogens is 1. The second-order valence-electron chi connectivity index (χ2n) is 5.13. The minimum absolute atomic E-state index is 0.620. The van der Waals surface area contributed by atoms with Crippen LogP contribution in [0.4, 0.5) is 5.95 Å². The molecule has 0 unspecified atom stereocenters. The van der Waals surface area contributed by atoms with Crippen molar-refractivity contribution in [1.29, 1.82) is 0 Å². The molecule has 6 nitrogen and oxygen atoms in total. The molecule has 4 rings (SSSR count). The lowest BCUT2D eigenvalue weighted by Gasteiger charge is -2.26. The largest absolute Gasteiger partial charge is 0.378 e. The summed E-state index contributed by atoms with van der Waals surface area (Å²) in [5.41, 5.74) is 1.87. The monoisotopic (exact) mass is 359 g/mol. The summed E-state index contributed by atoms with van der Waals surface area (Å²) in [6.45, 7) is 3.65. The van der Waals surface area contributed by atoms with Crippen molar-refractivity contribution in [3.8, 4) is 11.3 Å². The molecule has 4 heterocycles. The first-order valence-electron chi connectivity index (χ1n) is 7.17. The third-order valence-electron chi connectivity index (χ3n) is 3.75. The molecule has 22 heavy (non-hydrogen) atoms. The SMILES string of the molecule is BrC1=c2nc(N3CCOCC3)nc(-c3ccncc3)c2=NC1. The molecule has 0 aromatic carbocycles. The van der Waals surface area contributed by atoms with E-state index < -0.39 is 0 Å². The van der Waals surface area contributed by atoms with Crippen LogP contribution in [0.2, 0.25) is 0 Å². The quantitative estimate of drug-likeness (QED) is 0.781. The topological polar surface area (TPSA) is 63.5 Å². The van der Waals surface area contributed by atoms with E-state index in [2.05, 4.69) is 30.8 Å². The van der Waals surface area contributed by atoms with Crippen molar-refractivity contribution >= 4 is 26.4 Å². The fourth-order valence-corrected chi connectivity index (χ4v) is 3.02. The molecule has 112 valence electrons. The first kappa shape index (κ1) is 13.8. The summed E-state index contributed by atoms with van der Waals surface area (Å²) in [6.07, 6.45) is 3.54. The molecule has 2 aromatic rings. The van der Waals surface area contributed by atoms with E-state index in [-0.39, 0.29) is 0 Å². The van der Waals surface area contributed by atoms with Crippen LogP contribution in [0.15, 0.2) is 29.5 Å². The maximum absolute atomic E-state index is 5.41. The minimum atomic E-state index is 0.620. The number of nitrogens with zero attached hydrogens (tertiary/aromatic N) is 5. The van der Waals surface area contributed by atoms with Gasteiger partial charge in [0.05, 0.1) is 19.8 Å². The third kappa shape index (κ3) is 2.40. The first-order chi connectivity index (χ1) is 10.8.